The lowest BCUT2D eigenvalue weighted by atomic mass is 9.80. The lowest BCUT2D eigenvalue weighted by Crippen LogP contribution is -2.26. The van der Waals surface area contributed by atoms with Gasteiger partial charge in [0.2, 0.25) is 11.6 Å². The van der Waals surface area contributed by atoms with Gasteiger partial charge in [-0.25, -0.2) is 9.89 Å². The number of aromatic amines is 1. The Hall–Kier alpha value is -4.67. The Bertz CT molecular complexity index is 1260. The summed E-state index contributed by atoms with van der Waals surface area (Å²) in [4.78, 5) is 45.5. The zero-order valence-electron chi connectivity index (χ0n) is 18.6. The minimum atomic E-state index is -0.759. The molecule has 0 aliphatic heterocycles. The molecule has 2 N–H and O–H groups in total. The molecule has 0 spiro atoms. The third-order valence-corrected chi connectivity index (χ3v) is 5.66. The van der Waals surface area contributed by atoms with Crippen LogP contribution in [-0.4, -0.2) is 37.7 Å². The fraction of sp³-hybridized carbons (Fsp3) is 0.208. The number of nitro groups is 1. The van der Waals surface area contributed by atoms with Gasteiger partial charge in [0, 0.05) is 18.4 Å². The number of aromatic nitrogens is 3. The number of anilines is 1. The summed E-state index contributed by atoms with van der Waals surface area (Å²) in [6.45, 7) is 0. The van der Waals surface area contributed by atoms with Crippen molar-refractivity contribution >= 4 is 23.5 Å². The van der Waals surface area contributed by atoms with Crippen molar-refractivity contribution < 1.29 is 19.3 Å². The average Bonchev–Trinajstić information content (AvgIpc) is 3.40. The van der Waals surface area contributed by atoms with Gasteiger partial charge in [-0.2, -0.15) is 10.1 Å². The number of rotatable bonds is 8. The highest BCUT2D eigenvalue weighted by Gasteiger charge is 2.31. The Balaban J connectivity index is 1.61. The SMILES string of the molecule is O=C(Nc1ncn[nH]1)C(CC1=C([N+](=O)[O-])CCC(c2ccccc2)C1)=NOC(=O)c1ccccc1. The Kier molecular flexibility index (Phi) is 7.36. The smallest absolute Gasteiger partial charge is 0.312 e. The minimum absolute atomic E-state index is 0.0479. The van der Waals surface area contributed by atoms with Crippen LogP contribution in [0.25, 0.3) is 0 Å². The number of amides is 1. The lowest BCUT2D eigenvalue weighted by molar-refractivity contribution is -0.430. The van der Waals surface area contributed by atoms with Crippen molar-refractivity contribution in [1.29, 1.82) is 0 Å². The summed E-state index contributed by atoms with van der Waals surface area (Å²) in [5.41, 5.74) is 1.61. The first-order valence-corrected chi connectivity index (χ1v) is 10.9. The molecule has 2 aromatic carbocycles. The van der Waals surface area contributed by atoms with E-state index >= 15 is 0 Å². The summed E-state index contributed by atoms with van der Waals surface area (Å²) in [6, 6.07) is 17.9. The lowest BCUT2D eigenvalue weighted by Gasteiger charge is -2.24. The molecule has 1 aromatic heterocycles. The third-order valence-electron chi connectivity index (χ3n) is 5.66. The molecule has 1 heterocycles. The summed E-state index contributed by atoms with van der Waals surface area (Å²) in [6.07, 6.45) is 2.29. The largest absolute Gasteiger partial charge is 0.365 e. The van der Waals surface area contributed by atoms with Crippen LogP contribution in [0.5, 0.6) is 0 Å². The normalized spacial score (nSPS) is 16.0. The second-order valence-corrected chi connectivity index (χ2v) is 7.91. The first-order valence-electron chi connectivity index (χ1n) is 10.9. The number of allylic oxidation sites excluding steroid dienone is 2. The Morgan fingerprint density at radius 3 is 2.51 bits per heavy atom. The van der Waals surface area contributed by atoms with Crippen LogP contribution in [0.15, 0.2) is 83.4 Å². The number of hydrogen-bond donors (Lipinski definition) is 2. The second kappa shape index (κ2) is 11.0. The molecular formula is C24H22N6O5. The molecule has 1 amide bonds. The molecule has 4 rings (SSSR count). The summed E-state index contributed by atoms with van der Waals surface area (Å²) in [7, 11) is 0. The summed E-state index contributed by atoms with van der Waals surface area (Å²) in [5, 5.41) is 24.2. The number of carbonyl (C=O) groups is 2. The Morgan fingerprint density at radius 2 is 1.86 bits per heavy atom. The van der Waals surface area contributed by atoms with E-state index < -0.39 is 16.8 Å². The molecule has 3 aromatic rings. The van der Waals surface area contributed by atoms with E-state index in [4.69, 9.17) is 4.84 Å². The number of hydrogen-bond acceptors (Lipinski definition) is 8. The van der Waals surface area contributed by atoms with Crippen LogP contribution in [0, 0.1) is 10.1 Å². The van der Waals surface area contributed by atoms with Gasteiger partial charge in [-0.3, -0.25) is 20.2 Å². The van der Waals surface area contributed by atoms with Crippen LogP contribution in [-0.2, 0) is 9.63 Å². The average molecular weight is 474 g/mol. The van der Waals surface area contributed by atoms with Gasteiger partial charge in [0.05, 0.1) is 10.5 Å². The fourth-order valence-electron chi connectivity index (χ4n) is 3.93. The third kappa shape index (κ3) is 6.02. The van der Waals surface area contributed by atoms with Crippen LogP contribution in [0.3, 0.4) is 0 Å². The van der Waals surface area contributed by atoms with Crippen molar-refractivity contribution in [1.82, 2.24) is 15.2 Å². The van der Waals surface area contributed by atoms with Gasteiger partial charge < -0.3 is 4.84 Å². The molecule has 0 saturated carbocycles. The molecule has 1 unspecified atom stereocenters. The molecule has 0 saturated heterocycles. The first-order chi connectivity index (χ1) is 17.0. The number of nitrogens with one attached hydrogen (secondary N) is 2. The highest BCUT2D eigenvalue weighted by Crippen LogP contribution is 2.38. The van der Waals surface area contributed by atoms with Crippen molar-refractivity contribution in [3.05, 3.63) is 99.5 Å². The van der Waals surface area contributed by atoms with Gasteiger partial charge in [-0.15, -0.1) is 0 Å². The predicted octanol–water partition coefficient (Wildman–Crippen LogP) is 3.84. The van der Waals surface area contributed by atoms with E-state index in [9.17, 15) is 19.7 Å². The maximum absolute atomic E-state index is 12.9. The summed E-state index contributed by atoms with van der Waals surface area (Å²) in [5.74, 6) is -1.36. The van der Waals surface area contributed by atoms with Crippen molar-refractivity contribution in [2.45, 2.75) is 31.6 Å². The fourth-order valence-corrected chi connectivity index (χ4v) is 3.93. The quantitative estimate of drug-likeness (QED) is 0.218. The molecule has 11 heteroatoms. The van der Waals surface area contributed by atoms with Crippen molar-refractivity contribution in [2.75, 3.05) is 5.32 Å². The van der Waals surface area contributed by atoms with E-state index in [0.29, 0.717) is 18.4 Å². The van der Waals surface area contributed by atoms with Gasteiger partial charge in [0.25, 0.3) is 5.91 Å². The van der Waals surface area contributed by atoms with Crippen LogP contribution in [0.2, 0.25) is 0 Å². The van der Waals surface area contributed by atoms with Crippen molar-refractivity contribution in [3.63, 3.8) is 0 Å². The maximum Gasteiger partial charge on any atom is 0.365 e. The van der Waals surface area contributed by atoms with Gasteiger partial charge in [-0.05, 0) is 36.5 Å². The number of carbonyl (C=O) groups excluding carboxylic acids is 2. The van der Waals surface area contributed by atoms with Crippen LogP contribution in [0.4, 0.5) is 5.95 Å². The van der Waals surface area contributed by atoms with Crippen molar-refractivity contribution in [2.24, 2.45) is 5.16 Å². The first kappa shape index (κ1) is 23.5. The molecule has 1 atom stereocenters. The molecule has 0 radical (unpaired) electrons. The molecule has 1 aliphatic carbocycles. The molecule has 0 fully saturated rings. The van der Waals surface area contributed by atoms with E-state index in [0.717, 1.165) is 5.56 Å². The molecule has 178 valence electrons. The number of H-pyrrole nitrogens is 1. The number of nitrogens with zero attached hydrogens (tertiary/aromatic N) is 4. The number of oxime groups is 1. The van der Waals surface area contributed by atoms with E-state index in [2.05, 4.69) is 25.7 Å². The van der Waals surface area contributed by atoms with Crippen molar-refractivity contribution in [3.8, 4) is 0 Å². The molecular weight excluding hydrogens is 452 g/mol. The van der Waals surface area contributed by atoms with E-state index in [-0.39, 0.29) is 41.7 Å². The van der Waals surface area contributed by atoms with E-state index in [1.165, 1.54) is 6.33 Å². The van der Waals surface area contributed by atoms with Gasteiger partial charge in [-0.1, -0.05) is 53.7 Å². The van der Waals surface area contributed by atoms with E-state index in [1.54, 1.807) is 30.3 Å². The standard InChI is InChI=1S/C24H22N6O5/c31-22(27-24-25-15-26-28-24)20(29-35-23(32)17-9-5-2-6-10-17)14-19-13-18(11-12-21(19)30(33)34)16-7-3-1-4-8-16/h1-10,15,18H,11-14H2,(H2,25,26,27,28,31). The molecule has 0 bridgehead atoms. The zero-order valence-corrected chi connectivity index (χ0v) is 18.6. The molecule has 1 aliphatic rings. The predicted molar refractivity (Wildman–Crippen MR) is 126 cm³/mol. The van der Waals surface area contributed by atoms with Crippen LogP contribution < -0.4 is 5.32 Å². The molecule has 11 nitrogen and oxygen atoms in total. The zero-order chi connectivity index (χ0) is 24.6. The Labute approximate surface area is 200 Å². The highest BCUT2D eigenvalue weighted by atomic mass is 16.7. The minimum Gasteiger partial charge on any atom is -0.312 e. The van der Waals surface area contributed by atoms with Gasteiger partial charge in [0.15, 0.2) is 0 Å². The van der Waals surface area contributed by atoms with Crippen LogP contribution >= 0.6 is 0 Å². The molecule has 35 heavy (non-hydrogen) atoms. The topological polar surface area (TPSA) is 152 Å². The summed E-state index contributed by atoms with van der Waals surface area (Å²) < 4.78 is 0. The monoisotopic (exact) mass is 474 g/mol. The van der Waals surface area contributed by atoms with Gasteiger partial charge in [0.1, 0.15) is 12.0 Å². The number of benzene rings is 2. The highest BCUT2D eigenvalue weighted by molar-refractivity contribution is 6.43. The van der Waals surface area contributed by atoms with E-state index in [1.807, 2.05) is 30.3 Å². The van der Waals surface area contributed by atoms with Crippen LogP contribution in [0.1, 0.15) is 47.5 Å². The Morgan fingerprint density at radius 1 is 1.14 bits per heavy atom. The maximum atomic E-state index is 12.9. The summed E-state index contributed by atoms with van der Waals surface area (Å²) >= 11 is 0. The van der Waals surface area contributed by atoms with Gasteiger partial charge >= 0.3 is 5.97 Å². The second-order valence-electron chi connectivity index (χ2n) is 7.91.